The summed E-state index contributed by atoms with van der Waals surface area (Å²) >= 11 is 5.88. The topological polar surface area (TPSA) is 66.5 Å². The van der Waals surface area contributed by atoms with Gasteiger partial charge in [0.2, 0.25) is 11.8 Å². The van der Waals surface area contributed by atoms with Crippen molar-refractivity contribution < 1.29 is 18.8 Å². The zero-order valence-corrected chi connectivity index (χ0v) is 13.8. The highest BCUT2D eigenvalue weighted by Crippen LogP contribution is 2.23. The molecule has 2 aromatic rings. The molecule has 0 atom stereocenters. The van der Waals surface area contributed by atoms with Crippen molar-refractivity contribution in [3.63, 3.8) is 0 Å². The normalized spacial score (nSPS) is 14.1. The molecule has 0 unspecified atom stereocenters. The maximum atomic E-state index is 13.0. The third kappa shape index (κ3) is 3.85. The summed E-state index contributed by atoms with van der Waals surface area (Å²) in [5.74, 6) is -1.25. The van der Waals surface area contributed by atoms with Crippen molar-refractivity contribution in [1.29, 1.82) is 0 Å². The number of imide groups is 1. The first-order chi connectivity index (χ1) is 11.9. The van der Waals surface area contributed by atoms with E-state index in [9.17, 15) is 18.8 Å². The van der Waals surface area contributed by atoms with E-state index in [0.717, 1.165) is 11.6 Å². The van der Waals surface area contributed by atoms with E-state index in [1.54, 1.807) is 24.3 Å². The Morgan fingerprint density at radius 2 is 1.72 bits per heavy atom. The highest BCUT2D eigenvalue weighted by atomic mass is 35.5. The zero-order chi connectivity index (χ0) is 18.0. The van der Waals surface area contributed by atoms with Gasteiger partial charge in [0.05, 0.1) is 17.3 Å². The van der Waals surface area contributed by atoms with E-state index in [4.69, 9.17) is 11.6 Å². The molecule has 7 heteroatoms. The number of nitrogens with zero attached hydrogens (tertiary/aromatic N) is 1. The second-order valence-corrected chi connectivity index (χ2v) is 6.06. The van der Waals surface area contributed by atoms with Crippen LogP contribution in [0.25, 0.3) is 0 Å². The molecule has 0 aromatic heterocycles. The molecule has 1 heterocycles. The van der Waals surface area contributed by atoms with Gasteiger partial charge in [0.15, 0.2) is 0 Å². The predicted molar refractivity (Wildman–Crippen MR) is 90.6 cm³/mol. The number of halogens is 2. The number of likely N-dealkylation sites (tertiary alicyclic amines) is 1. The van der Waals surface area contributed by atoms with Gasteiger partial charge in [0, 0.05) is 18.4 Å². The number of carbonyl (C=O) groups excluding carboxylic acids is 3. The van der Waals surface area contributed by atoms with Crippen molar-refractivity contribution in [3.8, 4) is 0 Å². The Morgan fingerprint density at radius 3 is 2.32 bits per heavy atom. The van der Waals surface area contributed by atoms with Crippen molar-refractivity contribution in [2.75, 3.05) is 5.32 Å². The van der Waals surface area contributed by atoms with Gasteiger partial charge in [-0.15, -0.1) is 0 Å². The monoisotopic (exact) mass is 360 g/mol. The van der Waals surface area contributed by atoms with Crippen LogP contribution < -0.4 is 5.32 Å². The number of amides is 3. The van der Waals surface area contributed by atoms with E-state index in [-0.39, 0.29) is 36.2 Å². The van der Waals surface area contributed by atoms with Crippen LogP contribution in [-0.2, 0) is 16.1 Å². The van der Waals surface area contributed by atoms with Gasteiger partial charge in [-0.05, 0) is 35.9 Å². The Labute approximate surface area is 148 Å². The molecule has 1 aliphatic heterocycles. The first-order valence-electron chi connectivity index (χ1n) is 7.62. The van der Waals surface area contributed by atoms with Crippen LogP contribution in [0.2, 0.25) is 5.02 Å². The number of rotatable bonds is 4. The van der Waals surface area contributed by atoms with Crippen LogP contribution in [-0.4, -0.2) is 22.6 Å². The highest BCUT2D eigenvalue weighted by Gasteiger charge is 2.28. The minimum absolute atomic E-state index is 0.107. The Bertz CT molecular complexity index is 836. The van der Waals surface area contributed by atoms with Gasteiger partial charge >= 0.3 is 0 Å². The summed E-state index contributed by atoms with van der Waals surface area (Å²) in [6, 6.07) is 10.2. The quantitative estimate of drug-likeness (QED) is 0.850. The van der Waals surface area contributed by atoms with Gasteiger partial charge in [0.25, 0.3) is 5.91 Å². The minimum Gasteiger partial charge on any atom is -0.321 e. The summed E-state index contributed by atoms with van der Waals surface area (Å²) in [5, 5.41) is 2.71. The zero-order valence-electron chi connectivity index (χ0n) is 13.1. The third-order valence-electron chi connectivity index (χ3n) is 3.89. The molecule has 0 bridgehead atoms. The minimum atomic E-state index is -0.488. The van der Waals surface area contributed by atoms with Crippen LogP contribution >= 0.6 is 11.6 Å². The number of carbonyl (C=O) groups is 3. The lowest BCUT2D eigenvalue weighted by Crippen LogP contribution is -2.28. The Morgan fingerprint density at radius 1 is 1.08 bits per heavy atom. The van der Waals surface area contributed by atoms with Crippen molar-refractivity contribution in [2.45, 2.75) is 19.4 Å². The summed E-state index contributed by atoms with van der Waals surface area (Å²) < 4.78 is 13.0. The number of nitrogens with one attached hydrogen (secondary N) is 1. The number of anilines is 1. The maximum Gasteiger partial charge on any atom is 0.255 e. The summed E-state index contributed by atoms with van der Waals surface area (Å²) in [4.78, 5) is 36.7. The van der Waals surface area contributed by atoms with Crippen molar-refractivity contribution >= 4 is 35.0 Å². The van der Waals surface area contributed by atoms with E-state index in [2.05, 4.69) is 5.32 Å². The van der Waals surface area contributed by atoms with Crippen LogP contribution in [0.4, 0.5) is 10.1 Å². The molecule has 2 aromatic carbocycles. The van der Waals surface area contributed by atoms with E-state index < -0.39 is 11.7 Å². The Kier molecular flexibility index (Phi) is 4.81. The first-order valence-corrected chi connectivity index (χ1v) is 8.00. The first kappa shape index (κ1) is 17.1. The van der Waals surface area contributed by atoms with Gasteiger partial charge in [-0.1, -0.05) is 23.7 Å². The second-order valence-electron chi connectivity index (χ2n) is 5.65. The lowest BCUT2D eigenvalue weighted by Gasteiger charge is -2.14. The van der Waals surface area contributed by atoms with Crippen LogP contribution in [0.1, 0.15) is 28.8 Å². The molecule has 1 saturated heterocycles. The van der Waals surface area contributed by atoms with E-state index in [1.165, 1.54) is 17.0 Å². The van der Waals surface area contributed by atoms with Crippen molar-refractivity contribution in [2.24, 2.45) is 0 Å². The molecule has 1 fully saturated rings. The number of benzene rings is 2. The Hall–Kier alpha value is -2.73. The fourth-order valence-electron chi connectivity index (χ4n) is 2.53. The molecule has 25 heavy (non-hydrogen) atoms. The standard InChI is InChI=1S/C18H14ClFN2O3/c19-14-9-13(20)5-6-15(14)21-18(25)12-3-1-11(2-4-12)10-22-16(23)7-8-17(22)24/h1-6,9H,7-8,10H2,(H,21,25). The fourth-order valence-corrected chi connectivity index (χ4v) is 2.74. The molecule has 1 N–H and O–H groups in total. The molecule has 0 aliphatic carbocycles. The summed E-state index contributed by atoms with van der Waals surface area (Å²) in [6.45, 7) is 0.198. The summed E-state index contributed by atoms with van der Waals surface area (Å²) in [6.07, 6.45) is 0.496. The van der Waals surface area contributed by atoms with Gasteiger partial charge in [-0.3, -0.25) is 19.3 Å². The third-order valence-corrected chi connectivity index (χ3v) is 4.20. The van der Waals surface area contributed by atoms with Gasteiger partial charge in [-0.25, -0.2) is 4.39 Å². The van der Waals surface area contributed by atoms with Crippen LogP contribution in [0.5, 0.6) is 0 Å². The maximum absolute atomic E-state index is 13.0. The molecule has 0 saturated carbocycles. The smallest absolute Gasteiger partial charge is 0.255 e. The lowest BCUT2D eigenvalue weighted by atomic mass is 10.1. The van der Waals surface area contributed by atoms with E-state index >= 15 is 0 Å². The van der Waals surface area contributed by atoms with Gasteiger partial charge < -0.3 is 5.32 Å². The lowest BCUT2D eigenvalue weighted by molar-refractivity contribution is -0.139. The molecular weight excluding hydrogens is 347 g/mol. The molecule has 0 spiro atoms. The van der Waals surface area contributed by atoms with Crippen molar-refractivity contribution in [3.05, 3.63) is 64.4 Å². The molecule has 0 radical (unpaired) electrons. The average Bonchev–Trinajstić information content (AvgIpc) is 2.90. The van der Waals surface area contributed by atoms with Gasteiger partial charge in [0.1, 0.15) is 5.82 Å². The largest absolute Gasteiger partial charge is 0.321 e. The van der Waals surface area contributed by atoms with Crippen molar-refractivity contribution in [1.82, 2.24) is 4.90 Å². The average molecular weight is 361 g/mol. The SMILES string of the molecule is O=C(Nc1ccc(F)cc1Cl)c1ccc(CN2C(=O)CCC2=O)cc1. The second kappa shape index (κ2) is 7.03. The van der Waals surface area contributed by atoms with Crippen LogP contribution in [0, 0.1) is 5.82 Å². The predicted octanol–water partition coefficient (Wildman–Crippen LogP) is 3.38. The fraction of sp³-hybridized carbons (Fsp3) is 0.167. The number of hydrogen-bond donors (Lipinski definition) is 1. The highest BCUT2D eigenvalue weighted by molar-refractivity contribution is 6.33. The summed E-state index contributed by atoms with van der Waals surface area (Å²) in [7, 11) is 0. The number of hydrogen-bond acceptors (Lipinski definition) is 3. The molecule has 1 aliphatic rings. The molecule has 3 amide bonds. The molecule has 3 rings (SSSR count). The molecular formula is C18H14ClFN2O3. The Balaban J connectivity index is 1.68. The van der Waals surface area contributed by atoms with Gasteiger partial charge in [-0.2, -0.15) is 0 Å². The summed E-state index contributed by atoms with van der Waals surface area (Å²) in [5.41, 5.74) is 1.44. The molecule has 5 nitrogen and oxygen atoms in total. The van der Waals surface area contributed by atoms with Crippen LogP contribution in [0.3, 0.4) is 0 Å². The molecule has 128 valence electrons. The van der Waals surface area contributed by atoms with E-state index in [1.807, 2.05) is 0 Å². The van der Waals surface area contributed by atoms with E-state index in [0.29, 0.717) is 11.3 Å². The van der Waals surface area contributed by atoms with Crippen LogP contribution in [0.15, 0.2) is 42.5 Å².